The van der Waals surface area contributed by atoms with Crippen molar-refractivity contribution < 1.29 is 14.7 Å². The largest absolute Gasteiger partial charge is 0.481 e. The molecule has 1 atom stereocenters. The number of halogens is 1. The van der Waals surface area contributed by atoms with E-state index in [9.17, 15) is 9.59 Å². The van der Waals surface area contributed by atoms with E-state index < -0.39 is 5.97 Å². The highest BCUT2D eigenvalue weighted by atomic mass is 35.5. The number of aliphatic carboxylic acids is 1. The Balaban J connectivity index is 2.03. The van der Waals surface area contributed by atoms with Crippen molar-refractivity contribution in [3.63, 3.8) is 0 Å². The maximum absolute atomic E-state index is 12.5. The molecule has 0 aromatic carbocycles. The number of hydrogen-bond donors (Lipinski definition) is 1. The average molecular weight is 311 g/mol. The fraction of sp³-hybridized carbons (Fsp3) is 0.533. The second-order valence-electron chi connectivity index (χ2n) is 5.51. The summed E-state index contributed by atoms with van der Waals surface area (Å²) >= 11 is 5.90. The van der Waals surface area contributed by atoms with Gasteiger partial charge < -0.3 is 10.0 Å². The van der Waals surface area contributed by atoms with Gasteiger partial charge in [-0.25, -0.2) is 4.98 Å². The molecule has 5 nitrogen and oxygen atoms in total. The third-order valence-corrected chi connectivity index (χ3v) is 3.94. The molecule has 21 heavy (non-hydrogen) atoms. The fourth-order valence-electron chi connectivity index (χ4n) is 2.75. The van der Waals surface area contributed by atoms with Gasteiger partial charge in [0.05, 0.1) is 0 Å². The highest BCUT2D eigenvalue weighted by Crippen LogP contribution is 2.23. The first-order valence-corrected chi connectivity index (χ1v) is 7.49. The van der Waals surface area contributed by atoms with E-state index in [0.717, 1.165) is 12.8 Å². The van der Waals surface area contributed by atoms with Crippen molar-refractivity contribution in [2.45, 2.75) is 32.6 Å². The maximum Gasteiger partial charge on any atom is 0.303 e. The van der Waals surface area contributed by atoms with Gasteiger partial charge in [-0.15, -0.1) is 0 Å². The number of rotatable bonds is 4. The van der Waals surface area contributed by atoms with Gasteiger partial charge in [0.2, 0.25) is 0 Å². The van der Waals surface area contributed by atoms with E-state index in [1.165, 1.54) is 0 Å². The lowest BCUT2D eigenvalue weighted by Crippen LogP contribution is -2.40. The van der Waals surface area contributed by atoms with E-state index in [2.05, 4.69) is 4.98 Å². The number of carboxylic acid groups (broad SMARTS) is 1. The van der Waals surface area contributed by atoms with Crippen molar-refractivity contribution in [3.8, 4) is 0 Å². The quantitative estimate of drug-likeness (QED) is 0.868. The zero-order chi connectivity index (χ0) is 15.4. The van der Waals surface area contributed by atoms with Crippen molar-refractivity contribution in [1.82, 2.24) is 9.88 Å². The van der Waals surface area contributed by atoms with Crippen LogP contribution in [0.15, 0.2) is 12.1 Å². The lowest BCUT2D eigenvalue weighted by Gasteiger charge is -2.32. The van der Waals surface area contributed by atoms with Crippen LogP contribution in [0.4, 0.5) is 0 Å². The molecule has 1 amide bonds. The van der Waals surface area contributed by atoms with Gasteiger partial charge in [-0.3, -0.25) is 9.59 Å². The third kappa shape index (κ3) is 4.43. The van der Waals surface area contributed by atoms with Crippen LogP contribution in [0.2, 0.25) is 5.15 Å². The first-order chi connectivity index (χ1) is 9.95. The Hall–Kier alpha value is -1.62. The molecule has 0 radical (unpaired) electrons. The number of carboxylic acids is 1. The van der Waals surface area contributed by atoms with E-state index in [1.807, 2.05) is 0 Å². The molecular weight excluding hydrogens is 292 g/mol. The van der Waals surface area contributed by atoms with Crippen molar-refractivity contribution >= 4 is 23.5 Å². The second kappa shape index (κ2) is 6.89. The summed E-state index contributed by atoms with van der Waals surface area (Å²) in [6.45, 7) is 3.13. The van der Waals surface area contributed by atoms with Crippen molar-refractivity contribution in [2.75, 3.05) is 13.1 Å². The second-order valence-corrected chi connectivity index (χ2v) is 5.90. The minimum atomic E-state index is -0.782. The van der Waals surface area contributed by atoms with E-state index in [4.69, 9.17) is 16.7 Å². The molecule has 0 spiro atoms. The number of hydrogen-bond acceptors (Lipinski definition) is 3. The van der Waals surface area contributed by atoms with Gasteiger partial charge in [-0.05, 0) is 44.2 Å². The number of carbonyl (C=O) groups is 2. The smallest absolute Gasteiger partial charge is 0.303 e. The van der Waals surface area contributed by atoms with Gasteiger partial charge >= 0.3 is 5.97 Å². The summed E-state index contributed by atoms with van der Waals surface area (Å²) < 4.78 is 0. The lowest BCUT2D eigenvalue weighted by atomic mass is 9.93. The molecular formula is C15H19ClN2O3. The number of amides is 1. The standard InChI is InChI=1S/C15H19ClN2O3/c1-10-7-12(8-13(16)17-10)15(21)18-6-2-3-11(9-18)4-5-14(19)20/h7-8,11H,2-6,9H2,1H3,(H,19,20). The number of nitrogens with zero attached hydrogens (tertiary/aromatic N) is 2. The van der Waals surface area contributed by atoms with Crippen LogP contribution in [0.1, 0.15) is 41.7 Å². The summed E-state index contributed by atoms with van der Waals surface area (Å²) in [4.78, 5) is 29.0. The monoisotopic (exact) mass is 310 g/mol. The summed E-state index contributed by atoms with van der Waals surface area (Å²) in [6, 6.07) is 3.31. The van der Waals surface area contributed by atoms with E-state index in [0.29, 0.717) is 35.9 Å². The molecule has 1 aromatic heterocycles. The predicted molar refractivity (Wildman–Crippen MR) is 79.5 cm³/mol. The molecule has 1 aliphatic rings. The highest BCUT2D eigenvalue weighted by Gasteiger charge is 2.25. The van der Waals surface area contributed by atoms with Crippen LogP contribution in [-0.2, 0) is 4.79 Å². The SMILES string of the molecule is Cc1cc(C(=O)N2CCCC(CCC(=O)O)C2)cc(Cl)n1. The van der Waals surface area contributed by atoms with Crippen LogP contribution in [-0.4, -0.2) is 40.0 Å². The summed E-state index contributed by atoms with van der Waals surface area (Å²) in [6.07, 6.45) is 2.67. The Labute approximate surface area is 128 Å². The normalized spacial score (nSPS) is 18.6. The molecule has 1 aromatic rings. The van der Waals surface area contributed by atoms with Gasteiger partial charge in [0.25, 0.3) is 5.91 Å². The lowest BCUT2D eigenvalue weighted by molar-refractivity contribution is -0.137. The van der Waals surface area contributed by atoms with Crippen LogP contribution < -0.4 is 0 Å². The molecule has 1 N–H and O–H groups in total. The Morgan fingerprint density at radius 3 is 2.90 bits per heavy atom. The molecule has 1 fully saturated rings. The molecule has 114 valence electrons. The number of aryl methyl sites for hydroxylation is 1. The number of carbonyl (C=O) groups excluding carboxylic acids is 1. The van der Waals surface area contributed by atoms with Gasteiger partial charge in [-0.1, -0.05) is 11.6 Å². The number of likely N-dealkylation sites (tertiary alicyclic amines) is 1. The van der Waals surface area contributed by atoms with Gasteiger partial charge in [0, 0.05) is 30.8 Å². The van der Waals surface area contributed by atoms with Gasteiger partial charge in [0.1, 0.15) is 5.15 Å². The zero-order valence-electron chi connectivity index (χ0n) is 12.0. The van der Waals surface area contributed by atoms with Gasteiger partial charge in [0.15, 0.2) is 0 Å². The molecule has 6 heteroatoms. The maximum atomic E-state index is 12.5. The summed E-state index contributed by atoms with van der Waals surface area (Å²) in [5.41, 5.74) is 1.26. The van der Waals surface area contributed by atoms with E-state index in [-0.39, 0.29) is 18.2 Å². The van der Waals surface area contributed by atoms with Crippen molar-refractivity contribution in [2.24, 2.45) is 5.92 Å². The van der Waals surface area contributed by atoms with E-state index >= 15 is 0 Å². The molecule has 2 heterocycles. The topological polar surface area (TPSA) is 70.5 Å². The summed E-state index contributed by atoms with van der Waals surface area (Å²) in [5.74, 6) is -0.574. The van der Waals surface area contributed by atoms with Crippen LogP contribution >= 0.6 is 11.6 Å². The first-order valence-electron chi connectivity index (χ1n) is 7.11. The Morgan fingerprint density at radius 1 is 1.48 bits per heavy atom. The Morgan fingerprint density at radius 2 is 2.24 bits per heavy atom. The number of pyridine rings is 1. The fourth-order valence-corrected chi connectivity index (χ4v) is 3.00. The molecule has 0 saturated carbocycles. The van der Waals surface area contributed by atoms with Crippen LogP contribution in [0.5, 0.6) is 0 Å². The number of aromatic nitrogens is 1. The summed E-state index contributed by atoms with van der Waals surface area (Å²) in [5, 5.41) is 9.07. The summed E-state index contributed by atoms with van der Waals surface area (Å²) in [7, 11) is 0. The Kier molecular flexibility index (Phi) is 5.17. The van der Waals surface area contributed by atoms with Gasteiger partial charge in [-0.2, -0.15) is 0 Å². The molecule has 0 aliphatic carbocycles. The Bertz CT molecular complexity index is 527. The molecule has 2 rings (SSSR count). The molecule has 1 aliphatic heterocycles. The molecule has 0 bridgehead atoms. The van der Waals surface area contributed by atoms with Crippen LogP contribution in [0.25, 0.3) is 0 Å². The van der Waals surface area contributed by atoms with Crippen LogP contribution in [0, 0.1) is 12.8 Å². The molecule has 1 saturated heterocycles. The number of piperidine rings is 1. The average Bonchev–Trinajstić information content (AvgIpc) is 2.43. The predicted octanol–water partition coefficient (Wildman–Crippen LogP) is 2.76. The van der Waals surface area contributed by atoms with Crippen molar-refractivity contribution in [1.29, 1.82) is 0 Å². The molecule has 1 unspecified atom stereocenters. The minimum absolute atomic E-state index is 0.0533. The first kappa shape index (κ1) is 15.8. The van der Waals surface area contributed by atoms with E-state index in [1.54, 1.807) is 24.0 Å². The van der Waals surface area contributed by atoms with Crippen molar-refractivity contribution in [3.05, 3.63) is 28.5 Å². The highest BCUT2D eigenvalue weighted by molar-refractivity contribution is 6.29. The minimum Gasteiger partial charge on any atom is -0.481 e. The zero-order valence-corrected chi connectivity index (χ0v) is 12.8. The third-order valence-electron chi connectivity index (χ3n) is 3.74. The van der Waals surface area contributed by atoms with Crippen LogP contribution in [0.3, 0.4) is 0 Å².